The number of halogens is 1. The average molecular weight is 435 g/mol. The molecule has 0 saturated carbocycles. The van der Waals surface area contributed by atoms with E-state index in [4.69, 9.17) is 20.8 Å². The number of non-ortho nitro benzene ring substituents is 1. The van der Waals surface area contributed by atoms with E-state index in [1.165, 1.54) is 18.2 Å². The van der Waals surface area contributed by atoms with Crippen molar-refractivity contribution in [3.05, 3.63) is 69.1 Å². The summed E-state index contributed by atoms with van der Waals surface area (Å²) in [5, 5.41) is 21.7. The lowest BCUT2D eigenvalue weighted by Crippen LogP contribution is -2.14. The van der Waals surface area contributed by atoms with Crippen molar-refractivity contribution in [2.24, 2.45) is 0 Å². The molecule has 9 nitrogen and oxygen atoms in total. The predicted molar refractivity (Wildman–Crippen MR) is 108 cm³/mol. The number of nitrogens with one attached hydrogen (secondary N) is 1. The fraction of sp³-hybridized carbons (Fsp3) is 0.167. The van der Waals surface area contributed by atoms with Gasteiger partial charge in [-0.25, -0.2) is 0 Å². The monoisotopic (exact) mass is 434 g/mol. The summed E-state index contributed by atoms with van der Waals surface area (Å²) in [5.74, 6) is 0.737. The lowest BCUT2D eigenvalue weighted by Gasteiger charge is -2.06. The van der Waals surface area contributed by atoms with Gasteiger partial charge in [0.15, 0.2) is 0 Å². The van der Waals surface area contributed by atoms with E-state index >= 15 is 0 Å². The summed E-state index contributed by atoms with van der Waals surface area (Å²) in [5.41, 5.74) is 0.971. The van der Waals surface area contributed by atoms with Crippen molar-refractivity contribution < 1.29 is 18.9 Å². The molecule has 2 aromatic carbocycles. The number of hydrogen-bond donors (Lipinski definition) is 1. The molecule has 0 unspecified atom stereocenters. The van der Waals surface area contributed by atoms with Gasteiger partial charge in [0.25, 0.3) is 10.9 Å². The zero-order valence-corrected chi connectivity index (χ0v) is 16.7. The van der Waals surface area contributed by atoms with Crippen LogP contribution in [0.4, 0.5) is 11.4 Å². The fourth-order valence-electron chi connectivity index (χ4n) is 2.32. The first-order valence-electron chi connectivity index (χ1n) is 8.26. The SMILES string of the molecule is COc1ccc(Cc2nnc(SCC(=O)Nc3cc([N+](=O)[O-])ccc3Cl)o2)cc1. The minimum absolute atomic E-state index is 0.0246. The zero-order chi connectivity index (χ0) is 20.8. The Morgan fingerprint density at radius 2 is 2.03 bits per heavy atom. The summed E-state index contributed by atoms with van der Waals surface area (Å²) in [7, 11) is 1.60. The van der Waals surface area contributed by atoms with Crippen LogP contribution in [-0.2, 0) is 11.2 Å². The zero-order valence-electron chi connectivity index (χ0n) is 15.1. The second kappa shape index (κ2) is 9.39. The number of thioether (sulfide) groups is 1. The van der Waals surface area contributed by atoms with Gasteiger partial charge in [0.05, 0.1) is 34.9 Å². The molecule has 3 aromatic rings. The second-order valence-electron chi connectivity index (χ2n) is 5.74. The maximum atomic E-state index is 12.1. The molecule has 0 radical (unpaired) electrons. The number of nitro groups is 1. The number of nitro benzene ring substituents is 1. The van der Waals surface area contributed by atoms with Crippen molar-refractivity contribution in [2.45, 2.75) is 11.6 Å². The molecule has 150 valence electrons. The molecule has 3 rings (SSSR count). The molecule has 1 aromatic heterocycles. The van der Waals surface area contributed by atoms with Gasteiger partial charge >= 0.3 is 0 Å². The second-order valence-corrected chi connectivity index (χ2v) is 7.08. The largest absolute Gasteiger partial charge is 0.497 e. The number of methoxy groups -OCH3 is 1. The predicted octanol–water partition coefficient (Wildman–Crippen LogP) is 3.96. The smallest absolute Gasteiger partial charge is 0.277 e. The minimum Gasteiger partial charge on any atom is -0.497 e. The van der Waals surface area contributed by atoms with Gasteiger partial charge in [-0.3, -0.25) is 14.9 Å². The van der Waals surface area contributed by atoms with Crippen molar-refractivity contribution in [3.8, 4) is 5.75 Å². The van der Waals surface area contributed by atoms with Gasteiger partial charge in [0, 0.05) is 12.1 Å². The third-order valence-corrected chi connectivity index (χ3v) is 4.87. The molecule has 0 aliphatic rings. The number of carbonyl (C=O) groups is 1. The van der Waals surface area contributed by atoms with Crippen molar-refractivity contribution in [1.29, 1.82) is 0 Å². The Kier molecular flexibility index (Phi) is 6.68. The van der Waals surface area contributed by atoms with Crippen LogP contribution in [0.15, 0.2) is 52.1 Å². The van der Waals surface area contributed by atoms with E-state index in [0.29, 0.717) is 12.3 Å². The summed E-state index contributed by atoms with van der Waals surface area (Å²) in [6, 6.07) is 11.3. The Morgan fingerprint density at radius 1 is 1.28 bits per heavy atom. The number of carbonyl (C=O) groups excluding carboxylic acids is 1. The third-order valence-electron chi connectivity index (χ3n) is 3.72. The standard InChI is InChI=1S/C18H15ClN4O5S/c1-27-13-5-2-11(3-6-13)8-17-21-22-18(28-17)29-10-16(24)20-15-9-12(23(25)26)4-7-14(15)19/h2-7,9H,8,10H2,1H3,(H,20,24). The molecule has 1 heterocycles. The number of benzene rings is 2. The Bertz CT molecular complexity index is 1030. The number of rotatable bonds is 8. The molecule has 0 bridgehead atoms. The molecule has 0 spiro atoms. The summed E-state index contributed by atoms with van der Waals surface area (Å²) in [4.78, 5) is 22.4. The van der Waals surface area contributed by atoms with Crippen molar-refractivity contribution in [2.75, 3.05) is 18.2 Å². The van der Waals surface area contributed by atoms with Crippen LogP contribution in [0.1, 0.15) is 11.5 Å². The van der Waals surface area contributed by atoms with E-state index in [2.05, 4.69) is 15.5 Å². The summed E-state index contributed by atoms with van der Waals surface area (Å²) >= 11 is 7.02. The number of amides is 1. The van der Waals surface area contributed by atoms with E-state index in [0.717, 1.165) is 23.1 Å². The van der Waals surface area contributed by atoms with Crippen LogP contribution in [0.2, 0.25) is 5.02 Å². The summed E-state index contributed by atoms with van der Waals surface area (Å²) in [6.45, 7) is 0. The highest BCUT2D eigenvalue weighted by Crippen LogP contribution is 2.27. The van der Waals surface area contributed by atoms with Crippen LogP contribution in [0.5, 0.6) is 5.75 Å². The van der Waals surface area contributed by atoms with Gasteiger partial charge in [0.2, 0.25) is 11.8 Å². The van der Waals surface area contributed by atoms with E-state index < -0.39 is 10.8 Å². The Labute approximate surface area is 174 Å². The molecule has 0 atom stereocenters. The fourth-order valence-corrected chi connectivity index (χ4v) is 3.07. The number of hydrogen-bond acceptors (Lipinski definition) is 8. The van der Waals surface area contributed by atoms with E-state index in [1.807, 2.05) is 24.3 Å². The van der Waals surface area contributed by atoms with E-state index in [9.17, 15) is 14.9 Å². The van der Waals surface area contributed by atoms with Crippen LogP contribution >= 0.6 is 23.4 Å². The van der Waals surface area contributed by atoms with Crippen molar-refractivity contribution in [3.63, 3.8) is 0 Å². The highest BCUT2D eigenvalue weighted by Gasteiger charge is 2.14. The summed E-state index contributed by atoms with van der Waals surface area (Å²) in [6.07, 6.45) is 0.451. The van der Waals surface area contributed by atoms with Gasteiger partial charge in [0.1, 0.15) is 5.75 Å². The average Bonchev–Trinajstić information content (AvgIpc) is 3.16. The van der Waals surface area contributed by atoms with Crippen LogP contribution in [0.3, 0.4) is 0 Å². The van der Waals surface area contributed by atoms with Gasteiger partial charge < -0.3 is 14.5 Å². The van der Waals surface area contributed by atoms with Crippen LogP contribution < -0.4 is 10.1 Å². The van der Waals surface area contributed by atoms with Gasteiger partial charge in [-0.2, -0.15) is 0 Å². The molecular weight excluding hydrogens is 420 g/mol. The maximum Gasteiger partial charge on any atom is 0.277 e. The molecule has 0 aliphatic carbocycles. The Hall–Kier alpha value is -3.11. The highest BCUT2D eigenvalue weighted by atomic mass is 35.5. The quantitative estimate of drug-likeness (QED) is 0.321. The Morgan fingerprint density at radius 3 is 2.72 bits per heavy atom. The van der Waals surface area contributed by atoms with E-state index in [-0.39, 0.29) is 27.4 Å². The number of aromatic nitrogens is 2. The lowest BCUT2D eigenvalue weighted by atomic mass is 10.1. The highest BCUT2D eigenvalue weighted by molar-refractivity contribution is 7.99. The molecule has 11 heteroatoms. The van der Waals surface area contributed by atoms with Gasteiger partial charge in [-0.05, 0) is 23.8 Å². The van der Waals surface area contributed by atoms with Crippen LogP contribution in [0, 0.1) is 10.1 Å². The van der Waals surface area contributed by atoms with Gasteiger partial charge in [-0.1, -0.05) is 35.5 Å². The lowest BCUT2D eigenvalue weighted by molar-refractivity contribution is -0.384. The molecule has 29 heavy (non-hydrogen) atoms. The number of anilines is 1. The molecule has 1 amide bonds. The Balaban J connectivity index is 1.54. The molecule has 0 aliphatic heterocycles. The molecular formula is C18H15ClN4O5S. The number of nitrogens with zero attached hydrogens (tertiary/aromatic N) is 3. The molecule has 0 saturated heterocycles. The normalized spacial score (nSPS) is 10.6. The first kappa shape index (κ1) is 20.6. The van der Waals surface area contributed by atoms with Crippen LogP contribution in [0.25, 0.3) is 0 Å². The van der Waals surface area contributed by atoms with Gasteiger partial charge in [-0.15, -0.1) is 10.2 Å². The van der Waals surface area contributed by atoms with Crippen LogP contribution in [-0.4, -0.2) is 33.9 Å². The summed E-state index contributed by atoms with van der Waals surface area (Å²) < 4.78 is 10.6. The van der Waals surface area contributed by atoms with E-state index in [1.54, 1.807) is 7.11 Å². The topological polar surface area (TPSA) is 120 Å². The number of ether oxygens (including phenoxy) is 1. The first-order valence-corrected chi connectivity index (χ1v) is 9.63. The molecule has 0 fully saturated rings. The van der Waals surface area contributed by atoms with Crippen molar-refractivity contribution >= 4 is 40.6 Å². The van der Waals surface area contributed by atoms with Crippen molar-refractivity contribution in [1.82, 2.24) is 10.2 Å². The third kappa shape index (κ3) is 5.69. The maximum absolute atomic E-state index is 12.1. The minimum atomic E-state index is -0.566. The first-order chi connectivity index (χ1) is 13.9. The molecule has 1 N–H and O–H groups in total.